The fraction of sp³-hybridized carbons (Fsp3) is 0.222. The third kappa shape index (κ3) is 4.54. The first-order chi connectivity index (χ1) is 12.0. The molecule has 0 spiro atoms. The van der Waals surface area contributed by atoms with Crippen molar-refractivity contribution in [3.63, 3.8) is 0 Å². The Bertz CT molecular complexity index is 869. The van der Waals surface area contributed by atoms with Crippen molar-refractivity contribution in [3.8, 4) is 0 Å². The molecule has 1 amide bonds. The molecule has 7 heteroatoms. The van der Waals surface area contributed by atoms with Crippen LogP contribution in [0.5, 0.6) is 0 Å². The maximum atomic E-state index is 12.1. The molecule has 0 unspecified atom stereocenters. The Morgan fingerprint density at radius 1 is 1.32 bits per heavy atom. The van der Waals surface area contributed by atoms with Crippen LogP contribution in [0.15, 0.2) is 58.2 Å². The van der Waals surface area contributed by atoms with E-state index in [1.807, 2.05) is 30.3 Å². The van der Waals surface area contributed by atoms with Crippen molar-refractivity contribution in [2.45, 2.75) is 24.3 Å². The summed E-state index contributed by atoms with van der Waals surface area (Å²) in [4.78, 5) is 16.4. The van der Waals surface area contributed by atoms with Gasteiger partial charge in [0.1, 0.15) is 5.52 Å². The van der Waals surface area contributed by atoms with Crippen molar-refractivity contribution in [1.29, 1.82) is 0 Å². The van der Waals surface area contributed by atoms with Crippen LogP contribution < -0.4 is 5.32 Å². The number of oxazole rings is 1. The fourth-order valence-corrected chi connectivity index (χ4v) is 3.20. The number of rotatable bonds is 6. The Kier molecular flexibility index (Phi) is 5.63. The predicted molar refractivity (Wildman–Crippen MR) is 98.7 cm³/mol. The zero-order valence-corrected chi connectivity index (χ0v) is 15.1. The van der Waals surface area contributed by atoms with Crippen molar-refractivity contribution in [3.05, 3.63) is 59.1 Å². The van der Waals surface area contributed by atoms with Gasteiger partial charge in [0.15, 0.2) is 5.58 Å². The number of amides is 1. The first kappa shape index (κ1) is 17.8. The number of thioether (sulfide) groups is 1. The van der Waals surface area contributed by atoms with Crippen LogP contribution in [0.2, 0.25) is 5.02 Å². The lowest BCUT2D eigenvalue weighted by Gasteiger charge is -2.20. The maximum absolute atomic E-state index is 12.1. The number of halogens is 1. The molecule has 2 aromatic carbocycles. The smallest absolute Gasteiger partial charge is 0.257 e. The van der Waals surface area contributed by atoms with Crippen LogP contribution in [-0.4, -0.2) is 27.8 Å². The molecule has 0 fully saturated rings. The fourth-order valence-electron chi connectivity index (χ4n) is 2.38. The SMILES string of the molecule is C[C@@H](NC(=O)CSc1nc2cc(Cl)ccc2o1)[C@@H](O)c1ccccc1. The zero-order valence-electron chi connectivity index (χ0n) is 13.5. The Balaban J connectivity index is 1.55. The monoisotopic (exact) mass is 376 g/mol. The third-order valence-electron chi connectivity index (χ3n) is 3.66. The molecule has 3 rings (SSSR count). The molecular weight excluding hydrogens is 360 g/mol. The highest BCUT2D eigenvalue weighted by Gasteiger charge is 2.18. The topological polar surface area (TPSA) is 75.4 Å². The highest BCUT2D eigenvalue weighted by Crippen LogP contribution is 2.25. The predicted octanol–water partition coefficient (Wildman–Crippen LogP) is 3.81. The molecule has 2 N–H and O–H groups in total. The molecule has 1 heterocycles. The molecule has 3 aromatic rings. The molecule has 1 aromatic heterocycles. The molecule has 0 aliphatic rings. The van der Waals surface area contributed by atoms with Crippen LogP contribution in [-0.2, 0) is 4.79 Å². The van der Waals surface area contributed by atoms with Crippen LogP contribution >= 0.6 is 23.4 Å². The number of fused-ring (bicyclic) bond motifs is 1. The van der Waals surface area contributed by atoms with E-state index in [4.69, 9.17) is 16.0 Å². The van der Waals surface area contributed by atoms with Crippen LogP contribution in [0.1, 0.15) is 18.6 Å². The lowest BCUT2D eigenvalue weighted by atomic mass is 10.0. The number of hydrogen-bond acceptors (Lipinski definition) is 5. The molecular formula is C18H17ClN2O3S. The molecule has 2 atom stereocenters. The van der Waals surface area contributed by atoms with E-state index in [-0.39, 0.29) is 11.7 Å². The summed E-state index contributed by atoms with van der Waals surface area (Å²) >= 11 is 7.11. The minimum absolute atomic E-state index is 0.145. The normalized spacial score (nSPS) is 13.6. The highest BCUT2D eigenvalue weighted by atomic mass is 35.5. The van der Waals surface area contributed by atoms with Crippen molar-refractivity contribution in [2.75, 3.05) is 5.75 Å². The largest absolute Gasteiger partial charge is 0.431 e. The summed E-state index contributed by atoms with van der Waals surface area (Å²) in [6.45, 7) is 1.77. The van der Waals surface area contributed by atoms with E-state index in [0.29, 0.717) is 21.3 Å². The second-order valence-electron chi connectivity index (χ2n) is 5.59. The van der Waals surface area contributed by atoms with Gasteiger partial charge in [-0.3, -0.25) is 4.79 Å². The molecule has 0 aliphatic carbocycles. The molecule has 0 bridgehead atoms. The molecule has 0 radical (unpaired) electrons. The van der Waals surface area contributed by atoms with Crippen molar-refractivity contribution >= 4 is 40.4 Å². The average Bonchev–Trinajstić information content (AvgIpc) is 3.02. The average molecular weight is 377 g/mol. The maximum Gasteiger partial charge on any atom is 0.257 e. The van der Waals surface area contributed by atoms with E-state index >= 15 is 0 Å². The molecule has 25 heavy (non-hydrogen) atoms. The van der Waals surface area contributed by atoms with Gasteiger partial charge in [-0.1, -0.05) is 53.7 Å². The molecule has 0 saturated carbocycles. The second-order valence-corrected chi connectivity index (χ2v) is 6.96. The van der Waals surface area contributed by atoms with Gasteiger partial charge in [-0.2, -0.15) is 0 Å². The van der Waals surface area contributed by atoms with Gasteiger partial charge in [0.2, 0.25) is 5.91 Å². The lowest BCUT2D eigenvalue weighted by Crippen LogP contribution is -2.38. The van der Waals surface area contributed by atoms with Crippen LogP contribution in [0.25, 0.3) is 11.1 Å². The summed E-state index contributed by atoms with van der Waals surface area (Å²) in [6, 6.07) is 14.0. The first-order valence-corrected chi connectivity index (χ1v) is 9.10. The summed E-state index contributed by atoms with van der Waals surface area (Å²) in [6.07, 6.45) is -0.762. The van der Waals surface area contributed by atoms with Crippen LogP contribution in [0, 0.1) is 0 Å². The molecule has 0 aliphatic heterocycles. The van der Waals surface area contributed by atoms with Crippen molar-refractivity contribution < 1.29 is 14.3 Å². The number of carbonyl (C=O) groups is 1. The minimum atomic E-state index is -0.762. The summed E-state index contributed by atoms with van der Waals surface area (Å²) in [7, 11) is 0. The highest BCUT2D eigenvalue weighted by molar-refractivity contribution is 7.99. The standard InChI is InChI=1S/C18H17ClN2O3S/c1-11(17(23)12-5-3-2-4-6-12)20-16(22)10-25-18-21-14-9-13(19)7-8-15(14)24-18/h2-9,11,17,23H,10H2,1H3,(H,20,22)/t11-,17-/m1/s1. The minimum Gasteiger partial charge on any atom is -0.431 e. The first-order valence-electron chi connectivity index (χ1n) is 7.74. The number of nitrogens with one attached hydrogen (secondary N) is 1. The van der Waals surface area contributed by atoms with Crippen molar-refractivity contribution in [1.82, 2.24) is 10.3 Å². The summed E-state index contributed by atoms with van der Waals surface area (Å²) < 4.78 is 5.56. The third-order valence-corrected chi connectivity index (χ3v) is 4.72. The van der Waals surface area contributed by atoms with Crippen LogP contribution in [0.4, 0.5) is 0 Å². The number of aliphatic hydroxyl groups is 1. The van der Waals surface area contributed by atoms with Gasteiger partial charge in [-0.15, -0.1) is 0 Å². The van der Waals surface area contributed by atoms with Gasteiger partial charge in [0.25, 0.3) is 5.22 Å². The van der Waals surface area contributed by atoms with E-state index in [9.17, 15) is 9.90 Å². The van der Waals surface area contributed by atoms with Crippen molar-refractivity contribution in [2.24, 2.45) is 0 Å². The summed E-state index contributed by atoms with van der Waals surface area (Å²) in [5.41, 5.74) is 2.04. The number of nitrogens with zero attached hydrogens (tertiary/aromatic N) is 1. The van der Waals surface area contributed by atoms with Gasteiger partial charge >= 0.3 is 0 Å². The van der Waals surface area contributed by atoms with Gasteiger partial charge in [-0.05, 0) is 30.7 Å². The lowest BCUT2D eigenvalue weighted by molar-refractivity contribution is -0.119. The summed E-state index contributed by atoms with van der Waals surface area (Å²) in [5, 5.41) is 14.1. The van der Waals surface area contributed by atoms with Crippen LogP contribution in [0.3, 0.4) is 0 Å². The quantitative estimate of drug-likeness (QED) is 0.640. The zero-order chi connectivity index (χ0) is 17.8. The Morgan fingerprint density at radius 3 is 2.84 bits per heavy atom. The molecule has 130 valence electrons. The molecule has 0 saturated heterocycles. The van der Waals surface area contributed by atoms with Gasteiger partial charge < -0.3 is 14.8 Å². The number of carbonyl (C=O) groups excluding carboxylic acids is 1. The van der Waals surface area contributed by atoms with E-state index in [0.717, 1.165) is 5.56 Å². The summed E-state index contributed by atoms with van der Waals surface area (Å²) in [5.74, 6) is -0.0559. The van der Waals surface area contributed by atoms with E-state index in [1.54, 1.807) is 25.1 Å². The Labute approximate surface area is 154 Å². The Morgan fingerprint density at radius 2 is 2.08 bits per heavy atom. The van der Waals surface area contributed by atoms with Gasteiger partial charge in [-0.25, -0.2) is 4.98 Å². The number of aliphatic hydroxyl groups excluding tert-OH is 1. The van der Waals surface area contributed by atoms with E-state index < -0.39 is 12.1 Å². The van der Waals surface area contributed by atoms with E-state index in [1.165, 1.54) is 11.8 Å². The number of benzene rings is 2. The molecule has 5 nitrogen and oxygen atoms in total. The second kappa shape index (κ2) is 7.91. The number of hydrogen-bond donors (Lipinski definition) is 2. The number of aromatic nitrogens is 1. The van der Waals surface area contributed by atoms with E-state index in [2.05, 4.69) is 10.3 Å². The Hall–Kier alpha value is -2.02. The van der Waals surface area contributed by atoms with Gasteiger partial charge in [0, 0.05) is 5.02 Å². The van der Waals surface area contributed by atoms with Gasteiger partial charge in [0.05, 0.1) is 17.9 Å².